The van der Waals surface area contributed by atoms with Crippen LogP contribution >= 0.6 is 0 Å². The molecule has 0 amide bonds. The maximum Gasteiger partial charge on any atom is 0.339 e. The first-order chi connectivity index (χ1) is 11.0. The van der Waals surface area contributed by atoms with Crippen molar-refractivity contribution in [3.05, 3.63) is 71.3 Å². The zero-order valence-corrected chi connectivity index (χ0v) is 13.2. The Morgan fingerprint density at radius 1 is 0.957 bits per heavy atom. The van der Waals surface area contributed by atoms with Crippen molar-refractivity contribution in [3.8, 4) is 0 Å². The number of carboxylic acids is 1. The zero-order valence-electron chi connectivity index (χ0n) is 13.2. The Kier molecular flexibility index (Phi) is 5.52. The summed E-state index contributed by atoms with van der Waals surface area (Å²) in [5.74, 6) is -1.42. The van der Waals surface area contributed by atoms with Crippen molar-refractivity contribution in [2.45, 2.75) is 26.4 Å². The number of rotatable bonds is 6. The summed E-state index contributed by atoms with van der Waals surface area (Å²) < 4.78 is 5.62. The Balaban J connectivity index is 2.26. The molecule has 2 aromatic carbocycles. The third-order valence-electron chi connectivity index (χ3n) is 3.48. The van der Waals surface area contributed by atoms with Gasteiger partial charge in [-0.15, -0.1) is 0 Å². The van der Waals surface area contributed by atoms with Gasteiger partial charge < -0.3 is 9.84 Å². The average Bonchev–Trinajstić information content (AvgIpc) is 2.54. The van der Waals surface area contributed by atoms with Crippen LogP contribution in [0.2, 0.25) is 0 Å². The number of ether oxygens (including phenoxy) is 1. The second kappa shape index (κ2) is 7.58. The van der Waals surface area contributed by atoms with Crippen molar-refractivity contribution in [1.29, 1.82) is 0 Å². The van der Waals surface area contributed by atoms with Gasteiger partial charge in [-0.05, 0) is 30.0 Å². The number of aromatic carboxylic acids is 1. The predicted molar refractivity (Wildman–Crippen MR) is 87.5 cm³/mol. The molecule has 1 atom stereocenters. The third-order valence-corrected chi connectivity index (χ3v) is 3.48. The number of benzene rings is 2. The molecule has 0 saturated heterocycles. The first-order valence-electron chi connectivity index (χ1n) is 7.57. The highest BCUT2D eigenvalue weighted by atomic mass is 16.5. The Bertz CT molecular complexity index is 677. The van der Waals surface area contributed by atoms with Gasteiger partial charge in [-0.2, -0.15) is 0 Å². The molecule has 0 aromatic heterocycles. The van der Waals surface area contributed by atoms with E-state index in [0.717, 1.165) is 5.56 Å². The van der Waals surface area contributed by atoms with Crippen molar-refractivity contribution < 1.29 is 19.4 Å². The molecule has 0 aliphatic rings. The molecule has 0 bridgehead atoms. The van der Waals surface area contributed by atoms with Gasteiger partial charge in [0.05, 0.1) is 11.1 Å². The van der Waals surface area contributed by atoms with Crippen LogP contribution in [0.15, 0.2) is 54.6 Å². The van der Waals surface area contributed by atoms with Crippen LogP contribution in [0.5, 0.6) is 0 Å². The normalized spacial score (nSPS) is 12.0. The largest absolute Gasteiger partial charge is 0.478 e. The first-order valence-corrected chi connectivity index (χ1v) is 7.57. The Morgan fingerprint density at radius 2 is 1.52 bits per heavy atom. The SMILES string of the molecule is CC(C)C[C@H](OC(=O)c1ccccc1C(=O)O)c1ccccc1. The first kappa shape index (κ1) is 16.7. The van der Waals surface area contributed by atoms with Crippen molar-refractivity contribution in [3.63, 3.8) is 0 Å². The molecule has 0 spiro atoms. The van der Waals surface area contributed by atoms with Crippen LogP contribution in [0.25, 0.3) is 0 Å². The molecule has 4 heteroatoms. The second-order valence-corrected chi connectivity index (χ2v) is 5.78. The smallest absolute Gasteiger partial charge is 0.339 e. The molecule has 2 aromatic rings. The number of carbonyl (C=O) groups is 2. The van der Waals surface area contributed by atoms with Crippen LogP contribution in [-0.2, 0) is 4.74 Å². The van der Waals surface area contributed by atoms with E-state index in [0.29, 0.717) is 12.3 Å². The number of esters is 1. The van der Waals surface area contributed by atoms with Gasteiger partial charge in [0.25, 0.3) is 0 Å². The van der Waals surface area contributed by atoms with Crippen LogP contribution < -0.4 is 0 Å². The molecule has 0 heterocycles. The zero-order chi connectivity index (χ0) is 16.8. The molecule has 0 fully saturated rings. The minimum atomic E-state index is -1.14. The van der Waals surface area contributed by atoms with Crippen molar-refractivity contribution in [1.82, 2.24) is 0 Å². The lowest BCUT2D eigenvalue weighted by molar-refractivity contribution is 0.0243. The second-order valence-electron chi connectivity index (χ2n) is 5.78. The monoisotopic (exact) mass is 312 g/mol. The summed E-state index contributed by atoms with van der Waals surface area (Å²) in [5, 5.41) is 9.20. The van der Waals surface area contributed by atoms with E-state index in [2.05, 4.69) is 13.8 Å². The minimum Gasteiger partial charge on any atom is -0.478 e. The molecule has 120 valence electrons. The van der Waals surface area contributed by atoms with Crippen LogP contribution in [-0.4, -0.2) is 17.0 Å². The quantitative estimate of drug-likeness (QED) is 0.806. The van der Waals surface area contributed by atoms with E-state index in [1.807, 2.05) is 30.3 Å². The Labute approximate surface area is 135 Å². The number of carbonyl (C=O) groups excluding carboxylic acids is 1. The molecular formula is C19H20O4. The summed E-state index contributed by atoms with van der Waals surface area (Å²) in [6, 6.07) is 15.6. The van der Waals surface area contributed by atoms with E-state index in [4.69, 9.17) is 4.74 Å². The van der Waals surface area contributed by atoms with E-state index >= 15 is 0 Å². The Hall–Kier alpha value is -2.62. The molecule has 0 saturated carbocycles. The van der Waals surface area contributed by atoms with Crippen molar-refractivity contribution >= 4 is 11.9 Å². The van der Waals surface area contributed by atoms with E-state index in [-0.39, 0.29) is 11.1 Å². The molecule has 0 radical (unpaired) electrons. The maximum atomic E-state index is 12.4. The van der Waals surface area contributed by atoms with Gasteiger partial charge in [0, 0.05) is 0 Å². The van der Waals surface area contributed by atoms with Crippen LogP contribution in [0.1, 0.15) is 52.7 Å². The highest BCUT2D eigenvalue weighted by Gasteiger charge is 2.22. The maximum absolute atomic E-state index is 12.4. The fourth-order valence-corrected chi connectivity index (χ4v) is 2.39. The lowest BCUT2D eigenvalue weighted by atomic mass is 9.99. The van der Waals surface area contributed by atoms with Gasteiger partial charge in [0.1, 0.15) is 6.10 Å². The lowest BCUT2D eigenvalue weighted by Gasteiger charge is -2.20. The van der Waals surface area contributed by atoms with Gasteiger partial charge in [-0.3, -0.25) is 0 Å². The number of carboxylic acid groups (broad SMARTS) is 1. The van der Waals surface area contributed by atoms with Gasteiger partial charge in [-0.25, -0.2) is 9.59 Å². The fraction of sp³-hybridized carbons (Fsp3) is 0.263. The van der Waals surface area contributed by atoms with Crippen LogP contribution in [0, 0.1) is 5.92 Å². The molecular weight excluding hydrogens is 292 g/mol. The van der Waals surface area contributed by atoms with E-state index in [9.17, 15) is 14.7 Å². The minimum absolute atomic E-state index is 0.0474. The third kappa shape index (κ3) is 4.42. The Morgan fingerprint density at radius 3 is 2.09 bits per heavy atom. The summed E-state index contributed by atoms with van der Waals surface area (Å²) in [6.07, 6.45) is 0.274. The molecule has 0 aliphatic heterocycles. The topological polar surface area (TPSA) is 63.6 Å². The number of hydrogen-bond acceptors (Lipinski definition) is 3. The number of hydrogen-bond donors (Lipinski definition) is 1. The van der Waals surface area contributed by atoms with Gasteiger partial charge >= 0.3 is 11.9 Å². The summed E-state index contributed by atoms with van der Waals surface area (Å²) in [5.41, 5.74) is 0.931. The highest BCUT2D eigenvalue weighted by molar-refractivity contribution is 6.02. The molecule has 0 unspecified atom stereocenters. The van der Waals surface area contributed by atoms with E-state index in [1.165, 1.54) is 12.1 Å². The van der Waals surface area contributed by atoms with Crippen molar-refractivity contribution in [2.24, 2.45) is 5.92 Å². The van der Waals surface area contributed by atoms with E-state index in [1.54, 1.807) is 12.1 Å². The fourth-order valence-electron chi connectivity index (χ4n) is 2.39. The van der Waals surface area contributed by atoms with Crippen LogP contribution in [0.3, 0.4) is 0 Å². The molecule has 0 aliphatic carbocycles. The summed E-state index contributed by atoms with van der Waals surface area (Å²) in [6.45, 7) is 4.10. The van der Waals surface area contributed by atoms with Gasteiger partial charge in [0.2, 0.25) is 0 Å². The van der Waals surface area contributed by atoms with Crippen molar-refractivity contribution in [2.75, 3.05) is 0 Å². The predicted octanol–water partition coefficient (Wildman–Crippen LogP) is 4.33. The summed E-state index contributed by atoms with van der Waals surface area (Å²) in [7, 11) is 0. The molecule has 2 rings (SSSR count). The molecule has 1 N–H and O–H groups in total. The summed E-state index contributed by atoms with van der Waals surface area (Å²) >= 11 is 0. The van der Waals surface area contributed by atoms with Crippen LogP contribution in [0.4, 0.5) is 0 Å². The average molecular weight is 312 g/mol. The molecule has 23 heavy (non-hydrogen) atoms. The highest BCUT2D eigenvalue weighted by Crippen LogP contribution is 2.26. The molecule has 4 nitrogen and oxygen atoms in total. The van der Waals surface area contributed by atoms with Gasteiger partial charge in [0.15, 0.2) is 0 Å². The van der Waals surface area contributed by atoms with E-state index < -0.39 is 18.0 Å². The standard InChI is InChI=1S/C19H20O4/c1-13(2)12-17(14-8-4-3-5-9-14)23-19(22)16-11-7-6-10-15(16)18(20)21/h3-11,13,17H,12H2,1-2H3,(H,20,21)/t17-/m0/s1. The summed E-state index contributed by atoms with van der Waals surface area (Å²) in [4.78, 5) is 23.7. The van der Waals surface area contributed by atoms with Gasteiger partial charge in [-0.1, -0.05) is 56.3 Å². The lowest BCUT2D eigenvalue weighted by Crippen LogP contribution is -2.16.